The van der Waals surface area contributed by atoms with E-state index in [1.54, 1.807) is 0 Å². The molecule has 1 rings (SSSR count). The van der Waals surface area contributed by atoms with Crippen molar-refractivity contribution >= 4 is 11.3 Å². The van der Waals surface area contributed by atoms with Crippen LogP contribution in [-0.4, -0.2) is 0 Å². The molecule has 1 heteroatoms. The minimum Gasteiger partial charge on any atom is -0.145 e. The van der Waals surface area contributed by atoms with Gasteiger partial charge in [0.25, 0.3) is 0 Å². The number of hydrogen-bond acceptors (Lipinski definition) is 1. The van der Waals surface area contributed by atoms with Crippen LogP contribution < -0.4 is 0 Å². The first-order valence-corrected chi connectivity index (χ1v) is 5.19. The molecule has 0 spiro atoms. The van der Waals surface area contributed by atoms with Gasteiger partial charge in [0.1, 0.15) is 0 Å². The molecule has 0 saturated heterocycles. The molecule has 0 aliphatic rings. The van der Waals surface area contributed by atoms with Gasteiger partial charge in [-0.1, -0.05) is 13.3 Å². The average Bonchev–Trinajstić information content (AvgIpc) is 2.50. The van der Waals surface area contributed by atoms with Gasteiger partial charge in [-0.15, -0.1) is 23.7 Å². The lowest BCUT2D eigenvalue weighted by molar-refractivity contribution is 0.940. The summed E-state index contributed by atoms with van der Waals surface area (Å²) >= 11 is 1.90. The van der Waals surface area contributed by atoms with Gasteiger partial charge in [0.05, 0.1) is 0 Å². The molecule has 0 aromatic carbocycles. The Kier molecular flexibility index (Phi) is 3.90. The van der Waals surface area contributed by atoms with Crippen LogP contribution in [0.4, 0.5) is 0 Å². The van der Waals surface area contributed by atoms with Crippen LogP contribution in [0.3, 0.4) is 0 Å². The van der Waals surface area contributed by atoms with E-state index in [4.69, 9.17) is 6.42 Å². The van der Waals surface area contributed by atoms with E-state index in [1.165, 1.54) is 22.6 Å². The Balaban J connectivity index is 2.47. The highest BCUT2D eigenvalue weighted by molar-refractivity contribution is 7.11. The quantitative estimate of drug-likeness (QED) is 0.621. The van der Waals surface area contributed by atoms with E-state index in [1.807, 2.05) is 11.3 Å². The standard InChI is InChI=1S/C11H14S/c1-3-5-7-11-9-8-10(12-11)6-4-2/h1,8-9H,4-7H2,2H3. The SMILES string of the molecule is C#CCCc1ccc(CCC)s1. The van der Waals surface area contributed by atoms with Crippen LogP contribution in [-0.2, 0) is 12.8 Å². The summed E-state index contributed by atoms with van der Waals surface area (Å²) in [5, 5.41) is 0. The first-order chi connectivity index (χ1) is 5.86. The molecule has 0 atom stereocenters. The molecule has 1 heterocycles. The lowest BCUT2D eigenvalue weighted by atomic mass is 10.2. The zero-order valence-electron chi connectivity index (χ0n) is 7.47. The van der Waals surface area contributed by atoms with Crippen molar-refractivity contribution in [3.8, 4) is 12.3 Å². The summed E-state index contributed by atoms with van der Waals surface area (Å²) in [6.45, 7) is 2.21. The van der Waals surface area contributed by atoms with Crippen molar-refractivity contribution < 1.29 is 0 Å². The van der Waals surface area contributed by atoms with Crippen LogP contribution >= 0.6 is 11.3 Å². The summed E-state index contributed by atoms with van der Waals surface area (Å²) in [7, 11) is 0. The van der Waals surface area contributed by atoms with Gasteiger partial charge in [0, 0.05) is 16.2 Å². The van der Waals surface area contributed by atoms with E-state index in [9.17, 15) is 0 Å². The van der Waals surface area contributed by atoms with Crippen molar-refractivity contribution in [2.24, 2.45) is 0 Å². The first-order valence-electron chi connectivity index (χ1n) is 4.38. The lowest BCUT2D eigenvalue weighted by Crippen LogP contribution is -1.75. The molecule has 12 heavy (non-hydrogen) atoms. The predicted molar refractivity (Wildman–Crippen MR) is 55.5 cm³/mol. The fourth-order valence-corrected chi connectivity index (χ4v) is 2.25. The Morgan fingerprint density at radius 2 is 2.00 bits per heavy atom. The fraction of sp³-hybridized carbons (Fsp3) is 0.455. The highest BCUT2D eigenvalue weighted by Gasteiger charge is 1.97. The number of hydrogen-bond donors (Lipinski definition) is 0. The van der Waals surface area contributed by atoms with E-state index in [-0.39, 0.29) is 0 Å². The van der Waals surface area contributed by atoms with Gasteiger partial charge < -0.3 is 0 Å². The van der Waals surface area contributed by atoms with Gasteiger partial charge in [0.15, 0.2) is 0 Å². The third kappa shape index (κ3) is 2.71. The van der Waals surface area contributed by atoms with E-state index < -0.39 is 0 Å². The second kappa shape index (κ2) is 5.00. The van der Waals surface area contributed by atoms with Crippen LogP contribution in [0.25, 0.3) is 0 Å². The highest BCUT2D eigenvalue weighted by Crippen LogP contribution is 2.18. The predicted octanol–water partition coefficient (Wildman–Crippen LogP) is 3.27. The normalized spacial score (nSPS) is 9.67. The van der Waals surface area contributed by atoms with Crippen molar-refractivity contribution in [1.29, 1.82) is 0 Å². The van der Waals surface area contributed by atoms with Crippen LogP contribution in [0, 0.1) is 12.3 Å². The molecule has 0 fully saturated rings. The molecule has 1 aromatic heterocycles. The summed E-state index contributed by atoms with van der Waals surface area (Å²) in [6, 6.07) is 4.42. The van der Waals surface area contributed by atoms with Gasteiger partial charge in [-0.25, -0.2) is 0 Å². The lowest BCUT2D eigenvalue weighted by Gasteiger charge is -1.90. The maximum Gasteiger partial charge on any atom is 0.0134 e. The van der Waals surface area contributed by atoms with Crippen molar-refractivity contribution in [3.05, 3.63) is 21.9 Å². The minimum atomic E-state index is 0.867. The van der Waals surface area contributed by atoms with Gasteiger partial charge >= 0.3 is 0 Å². The summed E-state index contributed by atoms with van der Waals surface area (Å²) in [4.78, 5) is 2.92. The molecular formula is C11H14S. The topological polar surface area (TPSA) is 0 Å². The molecule has 0 aliphatic heterocycles. The van der Waals surface area contributed by atoms with Crippen molar-refractivity contribution in [3.63, 3.8) is 0 Å². The van der Waals surface area contributed by atoms with Gasteiger partial charge in [0.2, 0.25) is 0 Å². The molecule has 0 nitrogen and oxygen atoms in total. The molecule has 0 amide bonds. The van der Waals surface area contributed by atoms with Crippen LogP contribution in [0.2, 0.25) is 0 Å². The molecular weight excluding hydrogens is 164 g/mol. The van der Waals surface area contributed by atoms with Crippen LogP contribution in [0.5, 0.6) is 0 Å². The highest BCUT2D eigenvalue weighted by atomic mass is 32.1. The largest absolute Gasteiger partial charge is 0.145 e. The zero-order chi connectivity index (χ0) is 8.81. The van der Waals surface area contributed by atoms with Crippen molar-refractivity contribution in [2.45, 2.75) is 32.6 Å². The summed E-state index contributed by atoms with van der Waals surface area (Å²) in [5.74, 6) is 2.66. The van der Waals surface area contributed by atoms with Gasteiger partial charge in [-0.2, -0.15) is 0 Å². The van der Waals surface area contributed by atoms with E-state index >= 15 is 0 Å². The Bertz CT molecular complexity index is 265. The fourth-order valence-electron chi connectivity index (χ4n) is 1.13. The molecule has 1 aromatic rings. The second-order valence-corrected chi connectivity index (χ2v) is 4.08. The Morgan fingerprint density at radius 3 is 2.58 bits per heavy atom. The van der Waals surface area contributed by atoms with E-state index in [0.717, 1.165) is 12.8 Å². The monoisotopic (exact) mass is 178 g/mol. The molecule has 0 radical (unpaired) electrons. The summed E-state index contributed by atoms with van der Waals surface area (Å²) < 4.78 is 0. The Labute approximate surface area is 78.6 Å². The third-order valence-electron chi connectivity index (χ3n) is 1.73. The molecule has 0 N–H and O–H groups in total. The average molecular weight is 178 g/mol. The van der Waals surface area contributed by atoms with E-state index in [2.05, 4.69) is 25.0 Å². The van der Waals surface area contributed by atoms with Gasteiger partial charge in [-0.05, 0) is 25.0 Å². The Morgan fingerprint density at radius 1 is 1.33 bits per heavy atom. The van der Waals surface area contributed by atoms with Crippen LogP contribution in [0.15, 0.2) is 12.1 Å². The second-order valence-electron chi connectivity index (χ2n) is 2.82. The van der Waals surface area contributed by atoms with Gasteiger partial charge in [-0.3, -0.25) is 0 Å². The smallest absolute Gasteiger partial charge is 0.0134 e. The number of rotatable bonds is 4. The maximum absolute atomic E-state index is 5.20. The molecule has 0 bridgehead atoms. The minimum absolute atomic E-state index is 0.867. The molecule has 0 aliphatic carbocycles. The molecule has 0 saturated carbocycles. The van der Waals surface area contributed by atoms with Crippen LogP contribution in [0.1, 0.15) is 29.5 Å². The molecule has 64 valence electrons. The van der Waals surface area contributed by atoms with Crippen molar-refractivity contribution in [1.82, 2.24) is 0 Å². The summed E-state index contributed by atoms with van der Waals surface area (Å²) in [5.41, 5.74) is 0. The Hall–Kier alpha value is -0.740. The number of terminal acetylenes is 1. The first kappa shape index (κ1) is 9.35. The number of aryl methyl sites for hydroxylation is 2. The van der Waals surface area contributed by atoms with E-state index in [0.29, 0.717) is 0 Å². The summed E-state index contributed by atoms with van der Waals surface area (Å²) in [6.07, 6.45) is 9.55. The maximum atomic E-state index is 5.20. The zero-order valence-corrected chi connectivity index (χ0v) is 8.29. The molecule has 0 unspecified atom stereocenters. The third-order valence-corrected chi connectivity index (χ3v) is 2.93. The number of thiophene rings is 1. The van der Waals surface area contributed by atoms with Crippen molar-refractivity contribution in [2.75, 3.05) is 0 Å².